The van der Waals surface area contributed by atoms with Crippen molar-refractivity contribution in [3.8, 4) is 0 Å². The number of nitrogens with one attached hydrogen (secondary N) is 3. The monoisotopic (exact) mass is 486 g/mol. The van der Waals surface area contributed by atoms with Crippen molar-refractivity contribution in [1.82, 2.24) is 9.97 Å². The van der Waals surface area contributed by atoms with E-state index in [2.05, 4.69) is 25.9 Å². The molecule has 1 aliphatic carbocycles. The van der Waals surface area contributed by atoms with Crippen LogP contribution in [0.4, 0.5) is 28.8 Å². The van der Waals surface area contributed by atoms with Crippen molar-refractivity contribution in [2.75, 3.05) is 40.6 Å². The topological polar surface area (TPSA) is 108 Å². The maximum absolute atomic E-state index is 13.2. The van der Waals surface area contributed by atoms with Crippen LogP contribution in [0.1, 0.15) is 40.7 Å². The van der Waals surface area contributed by atoms with Crippen molar-refractivity contribution in [1.29, 1.82) is 0 Å². The van der Waals surface area contributed by atoms with Crippen LogP contribution in [-0.2, 0) is 9.53 Å². The highest BCUT2D eigenvalue weighted by atomic mass is 16.5. The van der Waals surface area contributed by atoms with Gasteiger partial charge in [-0.2, -0.15) is 4.98 Å². The van der Waals surface area contributed by atoms with Gasteiger partial charge in [0.15, 0.2) is 0 Å². The third-order valence-electron chi connectivity index (χ3n) is 6.62. The molecule has 2 aromatic carbocycles. The van der Waals surface area contributed by atoms with Gasteiger partial charge in [0.1, 0.15) is 18.0 Å². The zero-order valence-corrected chi connectivity index (χ0v) is 20.5. The molecule has 1 aromatic heterocycles. The van der Waals surface area contributed by atoms with Crippen LogP contribution in [0.2, 0.25) is 0 Å². The van der Waals surface area contributed by atoms with E-state index < -0.39 is 0 Å². The molecule has 186 valence electrons. The molecule has 0 unspecified atom stereocenters. The molecule has 2 aliphatic rings. The van der Waals surface area contributed by atoms with E-state index in [1.165, 1.54) is 0 Å². The Morgan fingerprint density at radius 1 is 1.08 bits per heavy atom. The number of hydrogen-bond acceptors (Lipinski definition) is 7. The van der Waals surface area contributed by atoms with Crippen LogP contribution in [0.25, 0.3) is 0 Å². The van der Waals surface area contributed by atoms with E-state index >= 15 is 0 Å². The van der Waals surface area contributed by atoms with Gasteiger partial charge in [-0.3, -0.25) is 9.59 Å². The first-order chi connectivity index (χ1) is 17.5. The van der Waals surface area contributed by atoms with Crippen molar-refractivity contribution in [3.63, 3.8) is 0 Å². The fourth-order valence-corrected chi connectivity index (χ4v) is 4.30. The molecule has 2 fully saturated rings. The van der Waals surface area contributed by atoms with E-state index in [9.17, 15) is 9.59 Å². The number of hydrogen-bond donors (Lipinski definition) is 3. The van der Waals surface area contributed by atoms with Crippen LogP contribution in [0.3, 0.4) is 0 Å². The van der Waals surface area contributed by atoms with Crippen molar-refractivity contribution in [2.45, 2.75) is 39.2 Å². The van der Waals surface area contributed by atoms with Gasteiger partial charge >= 0.3 is 0 Å². The molecule has 2 heterocycles. The summed E-state index contributed by atoms with van der Waals surface area (Å²) in [5.41, 5.74) is 4.80. The van der Waals surface area contributed by atoms with Crippen molar-refractivity contribution >= 4 is 40.6 Å². The number of carbonyl (C=O) groups is 2. The quantitative estimate of drug-likeness (QED) is 0.454. The average Bonchev–Trinajstić information content (AvgIpc) is 2.85. The van der Waals surface area contributed by atoms with Gasteiger partial charge < -0.3 is 25.6 Å². The molecule has 3 N–H and O–H groups in total. The third-order valence-corrected chi connectivity index (χ3v) is 6.62. The first-order valence-electron chi connectivity index (χ1n) is 12.2. The Morgan fingerprint density at radius 3 is 2.50 bits per heavy atom. The van der Waals surface area contributed by atoms with E-state index in [0.29, 0.717) is 36.5 Å². The summed E-state index contributed by atoms with van der Waals surface area (Å²) in [6.07, 6.45) is 4.81. The molecule has 1 aliphatic heterocycles. The summed E-state index contributed by atoms with van der Waals surface area (Å²) in [5.74, 6) is 0.596. The lowest BCUT2D eigenvalue weighted by molar-refractivity contribution is -0.125. The smallest absolute Gasteiger partial charge is 0.261 e. The van der Waals surface area contributed by atoms with Gasteiger partial charge in [0.2, 0.25) is 5.95 Å². The number of para-hydroxylation sites is 1. The summed E-state index contributed by atoms with van der Waals surface area (Å²) in [6.45, 7) is 5.11. The summed E-state index contributed by atoms with van der Waals surface area (Å²) in [6, 6.07) is 13.7. The van der Waals surface area contributed by atoms with Gasteiger partial charge in [0, 0.05) is 35.8 Å². The summed E-state index contributed by atoms with van der Waals surface area (Å²) >= 11 is 0. The van der Waals surface area contributed by atoms with Crippen LogP contribution in [0, 0.1) is 13.8 Å². The fourth-order valence-electron chi connectivity index (χ4n) is 4.30. The Labute approximate surface area is 210 Å². The largest absolute Gasteiger partial charge is 0.370 e. The number of rotatable bonds is 7. The van der Waals surface area contributed by atoms with E-state index in [-0.39, 0.29) is 18.4 Å². The van der Waals surface area contributed by atoms with Crippen LogP contribution in [0.5, 0.6) is 0 Å². The second kappa shape index (κ2) is 10.3. The standard InChI is InChI=1S/C27H30N6O3/c1-17-5-3-6-18(2)24(17)31-26(35)22-15-28-27(32-25(22)29-19-7-4-8-19)30-20-9-11-21(12-10-20)33-13-14-36-16-23(33)34/h3,5-6,9-12,15,19H,4,7-8,13-14,16H2,1-2H3,(H,31,35)(H2,28,29,30,32). The van der Waals surface area contributed by atoms with E-state index in [4.69, 9.17) is 4.74 Å². The first-order valence-corrected chi connectivity index (χ1v) is 12.2. The van der Waals surface area contributed by atoms with E-state index in [1.54, 1.807) is 11.1 Å². The molecule has 9 heteroatoms. The summed E-state index contributed by atoms with van der Waals surface area (Å²) in [5, 5.41) is 9.66. The van der Waals surface area contributed by atoms with Gasteiger partial charge in [-0.05, 0) is 68.5 Å². The predicted molar refractivity (Wildman–Crippen MR) is 140 cm³/mol. The van der Waals surface area contributed by atoms with Crippen LogP contribution in [-0.4, -0.2) is 47.6 Å². The number of nitrogens with zero attached hydrogens (tertiary/aromatic N) is 3. The zero-order chi connectivity index (χ0) is 25.1. The predicted octanol–water partition coefficient (Wildman–Crippen LogP) is 4.42. The molecular weight excluding hydrogens is 456 g/mol. The average molecular weight is 487 g/mol. The lowest BCUT2D eigenvalue weighted by Gasteiger charge is -2.28. The van der Waals surface area contributed by atoms with Gasteiger partial charge in [0.25, 0.3) is 11.8 Å². The number of anilines is 5. The van der Waals surface area contributed by atoms with Gasteiger partial charge in [-0.1, -0.05) is 18.2 Å². The molecule has 3 aromatic rings. The Morgan fingerprint density at radius 2 is 1.83 bits per heavy atom. The minimum absolute atomic E-state index is 0.0493. The highest BCUT2D eigenvalue weighted by Gasteiger charge is 2.23. The Balaban J connectivity index is 1.35. The number of amides is 2. The molecular formula is C27H30N6O3. The summed E-state index contributed by atoms with van der Waals surface area (Å²) in [7, 11) is 0. The second-order valence-corrected chi connectivity index (χ2v) is 9.22. The number of aromatic nitrogens is 2. The lowest BCUT2D eigenvalue weighted by Crippen LogP contribution is -2.41. The highest BCUT2D eigenvalue weighted by molar-refractivity contribution is 6.08. The highest BCUT2D eigenvalue weighted by Crippen LogP contribution is 2.27. The molecule has 5 rings (SSSR count). The number of carbonyl (C=O) groups excluding carboxylic acids is 2. The van der Waals surface area contributed by atoms with Crippen LogP contribution in [0.15, 0.2) is 48.7 Å². The number of benzene rings is 2. The van der Waals surface area contributed by atoms with E-state index in [0.717, 1.165) is 47.5 Å². The van der Waals surface area contributed by atoms with Gasteiger partial charge in [-0.15, -0.1) is 0 Å². The molecule has 0 radical (unpaired) electrons. The molecule has 2 amide bonds. The minimum atomic E-state index is -0.250. The molecule has 0 spiro atoms. The Hall–Kier alpha value is -3.98. The van der Waals surface area contributed by atoms with Gasteiger partial charge in [-0.25, -0.2) is 4.98 Å². The maximum atomic E-state index is 13.2. The SMILES string of the molecule is Cc1cccc(C)c1NC(=O)c1cnc(Nc2ccc(N3CCOCC3=O)cc2)nc1NC1CCC1. The molecule has 9 nitrogen and oxygen atoms in total. The molecule has 1 saturated carbocycles. The zero-order valence-electron chi connectivity index (χ0n) is 20.5. The second-order valence-electron chi connectivity index (χ2n) is 9.22. The normalized spacial score (nSPS) is 15.8. The fraction of sp³-hybridized carbons (Fsp3) is 0.333. The first kappa shape index (κ1) is 23.7. The summed E-state index contributed by atoms with van der Waals surface area (Å²) in [4.78, 5) is 36.1. The Bertz CT molecular complexity index is 1250. The van der Waals surface area contributed by atoms with Crippen molar-refractivity contribution in [2.24, 2.45) is 0 Å². The molecule has 36 heavy (non-hydrogen) atoms. The van der Waals surface area contributed by atoms with Crippen molar-refractivity contribution in [3.05, 3.63) is 65.4 Å². The number of ether oxygens (including phenoxy) is 1. The molecule has 1 saturated heterocycles. The van der Waals surface area contributed by atoms with Gasteiger partial charge in [0.05, 0.1) is 6.61 Å². The lowest BCUT2D eigenvalue weighted by atomic mass is 9.93. The Kier molecular flexibility index (Phi) is 6.81. The minimum Gasteiger partial charge on any atom is -0.370 e. The summed E-state index contributed by atoms with van der Waals surface area (Å²) < 4.78 is 5.20. The van der Waals surface area contributed by atoms with Crippen molar-refractivity contribution < 1.29 is 14.3 Å². The van der Waals surface area contributed by atoms with E-state index in [1.807, 2.05) is 56.3 Å². The number of morpholine rings is 1. The van der Waals surface area contributed by atoms with Crippen LogP contribution >= 0.6 is 0 Å². The molecule has 0 bridgehead atoms. The third kappa shape index (κ3) is 5.16. The molecule has 0 atom stereocenters. The number of aryl methyl sites for hydroxylation is 2. The maximum Gasteiger partial charge on any atom is 0.261 e. The van der Waals surface area contributed by atoms with Crippen LogP contribution < -0.4 is 20.9 Å².